The van der Waals surface area contributed by atoms with Crippen molar-refractivity contribution in [2.45, 2.75) is 18.9 Å². The Hall–Kier alpha value is -2.09. The quantitative estimate of drug-likeness (QED) is 0.675. The largest absolute Gasteiger partial charge is 0.376 e. The van der Waals surface area contributed by atoms with E-state index < -0.39 is 33.7 Å². The molecular formula is C12H12F2N2O4. The number of nitro benzene ring substituents is 1. The van der Waals surface area contributed by atoms with Gasteiger partial charge in [0.2, 0.25) is 0 Å². The molecule has 8 heteroatoms. The summed E-state index contributed by atoms with van der Waals surface area (Å²) in [4.78, 5) is 21.7. The van der Waals surface area contributed by atoms with Crippen molar-refractivity contribution in [1.82, 2.24) is 5.32 Å². The van der Waals surface area contributed by atoms with Crippen LogP contribution in [0.1, 0.15) is 23.2 Å². The van der Waals surface area contributed by atoms with E-state index in [1.54, 1.807) is 0 Å². The molecule has 0 spiro atoms. The number of rotatable bonds is 4. The number of halogens is 2. The molecule has 1 aromatic rings. The highest BCUT2D eigenvalue weighted by atomic mass is 19.2. The van der Waals surface area contributed by atoms with Crippen molar-refractivity contribution in [1.29, 1.82) is 0 Å². The highest BCUT2D eigenvalue weighted by Crippen LogP contribution is 2.22. The number of nitrogens with one attached hydrogen (secondary N) is 1. The van der Waals surface area contributed by atoms with Crippen molar-refractivity contribution < 1.29 is 23.2 Å². The molecule has 0 aromatic heterocycles. The maximum Gasteiger partial charge on any atom is 0.285 e. The Kier molecular flexibility index (Phi) is 4.23. The molecule has 108 valence electrons. The third-order valence-corrected chi connectivity index (χ3v) is 2.99. The molecule has 1 unspecified atom stereocenters. The first-order valence-electron chi connectivity index (χ1n) is 6.02. The Balaban J connectivity index is 2.15. The van der Waals surface area contributed by atoms with Crippen LogP contribution in [0.3, 0.4) is 0 Å². The van der Waals surface area contributed by atoms with Gasteiger partial charge in [0, 0.05) is 13.2 Å². The third kappa shape index (κ3) is 3.08. The number of amides is 1. The first-order valence-corrected chi connectivity index (χ1v) is 6.02. The normalized spacial score (nSPS) is 18.0. The lowest BCUT2D eigenvalue weighted by molar-refractivity contribution is -0.385. The maximum atomic E-state index is 13.1. The topological polar surface area (TPSA) is 81.5 Å². The lowest BCUT2D eigenvalue weighted by Gasteiger charge is -2.11. The van der Waals surface area contributed by atoms with Crippen LogP contribution in [0.25, 0.3) is 0 Å². The number of nitro groups is 1. The van der Waals surface area contributed by atoms with Crippen LogP contribution in [0.2, 0.25) is 0 Å². The smallest absolute Gasteiger partial charge is 0.285 e. The summed E-state index contributed by atoms with van der Waals surface area (Å²) in [6.07, 6.45) is 1.51. The van der Waals surface area contributed by atoms with Crippen LogP contribution in [0.5, 0.6) is 0 Å². The van der Waals surface area contributed by atoms with Gasteiger partial charge < -0.3 is 10.1 Å². The minimum absolute atomic E-state index is 0.150. The van der Waals surface area contributed by atoms with Gasteiger partial charge in [-0.25, -0.2) is 8.78 Å². The molecule has 0 saturated carbocycles. The SMILES string of the molecule is O=C(NCC1CCCO1)c1cc(F)c(F)cc1[N+](=O)[O-]. The zero-order chi connectivity index (χ0) is 14.7. The van der Waals surface area contributed by atoms with Gasteiger partial charge >= 0.3 is 0 Å². The predicted molar refractivity (Wildman–Crippen MR) is 64.3 cm³/mol. The van der Waals surface area contributed by atoms with Gasteiger partial charge in [-0.3, -0.25) is 14.9 Å². The van der Waals surface area contributed by atoms with E-state index in [4.69, 9.17) is 4.74 Å². The van der Waals surface area contributed by atoms with Gasteiger partial charge in [-0.15, -0.1) is 0 Å². The van der Waals surface area contributed by atoms with Crippen LogP contribution in [-0.2, 0) is 4.74 Å². The fourth-order valence-corrected chi connectivity index (χ4v) is 1.98. The molecule has 1 aliphatic heterocycles. The number of carbonyl (C=O) groups is 1. The fourth-order valence-electron chi connectivity index (χ4n) is 1.98. The molecule has 1 aromatic carbocycles. The van der Waals surface area contributed by atoms with Gasteiger partial charge in [0.1, 0.15) is 5.56 Å². The van der Waals surface area contributed by atoms with E-state index in [2.05, 4.69) is 5.32 Å². The van der Waals surface area contributed by atoms with Crippen molar-refractivity contribution >= 4 is 11.6 Å². The summed E-state index contributed by atoms with van der Waals surface area (Å²) < 4.78 is 31.4. The molecule has 0 aliphatic carbocycles. The van der Waals surface area contributed by atoms with E-state index in [9.17, 15) is 23.7 Å². The average molecular weight is 286 g/mol. The summed E-state index contributed by atoms with van der Waals surface area (Å²) in [5.74, 6) is -3.50. The Morgan fingerprint density at radius 1 is 1.45 bits per heavy atom. The molecule has 0 radical (unpaired) electrons. The molecule has 20 heavy (non-hydrogen) atoms. The standard InChI is InChI=1S/C12H12F2N2O4/c13-9-4-8(11(16(18)19)5-10(9)14)12(17)15-6-7-2-1-3-20-7/h4-5,7H,1-3,6H2,(H,15,17). The van der Waals surface area contributed by atoms with Crippen molar-refractivity contribution in [3.8, 4) is 0 Å². The summed E-state index contributed by atoms with van der Waals surface area (Å²) in [6, 6.07) is 0.925. The van der Waals surface area contributed by atoms with Crippen LogP contribution in [-0.4, -0.2) is 30.1 Å². The van der Waals surface area contributed by atoms with Gasteiger partial charge in [-0.2, -0.15) is 0 Å². The van der Waals surface area contributed by atoms with Crippen molar-refractivity contribution in [2.24, 2.45) is 0 Å². The van der Waals surface area contributed by atoms with Gasteiger partial charge in [-0.1, -0.05) is 0 Å². The average Bonchev–Trinajstić information content (AvgIpc) is 2.91. The molecule has 1 N–H and O–H groups in total. The Labute approximate surface area is 112 Å². The van der Waals surface area contributed by atoms with Crippen LogP contribution in [0.15, 0.2) is 12.1 Å². The first kappa shape index (κ1) is 14.3. The zero-order valence-electron chi connectivity index (χ0n) is 10.4. The molecule has 0 bridgehead atoms. The number of hydrogen-bond acceptors (Lipinski definition) is 4. The van der Waals surface area contributed by atoms with Crippen molar-refractivity contribution in [3.63, 3.8) is 0 Å². The molecule has 6 nitrogen and oxygen atoms in total. The molecular weight excluding hydrogens is 274 g/mol. The highest BCUT2D eigenvalue weighted by Gasteiger charge is 2.25. The first-order chi connectivity index (χ1) is 9.49. The molecule has 1 aliphatic rings. The van der Waals surface area contributed by atoms with E-state index in [0.717, 1.165) is 12.8 Å². The van der Waals surface area contributed by atoms with Crippen LogP contribution in [0, 0.1) is 21.7 Å². The molecule has 1 fully saturated rings. The van der Waals surface area contributed by atoms with Gasteiger partial charge in [-0.05, 0) is 18.9 Å². The van der Waals surface area contributed by atoms with Gasteiger partial charge in [0.05, 0.1) is 17.1 Å². The molecule has 1 atom stereocenters. The van der Waals surface area contributed by atoms with Crippen molar-refractivity contribution in [2.75, 3.05) is 13.2 Å². The van der Waals surface area contributed by atoms with E-state index in [1.807, 2.05) is 0 Å². The molecule has 1 saturated heterocycles. The maximum absolute atomic E-state index is 13.1. The van der Waals surface area contributed by atoms with Gasteiger partial charge in [0.25, 0.3) is 11.6 Å². The third-order valence-electron chi connectivity index (χ3n) is 2.99. The minimum Gasteiger partial charge on any atom is -0.376 e. The lowest BCUT2D eigenvalue weighted by atomic mass is 10.1. The summed E-state index contributed by atoms with van der Waals surface area (Å²) >= 11 is 0. The predicted octanol–water partition coefficient (Wildman–Crippen LogP) is 1.78. The number of nitrogens with zero attached hydrogens (tertiary/aromatic N) is 1. The number of carbonyl (C=O) groups excluding carboxylic acids is 1. The Bertz CT molecular complexity index is 545. The van der Waals surface area contributed by atoms with E-state index >= 15 is 0 Å². The van der Waals surface area contributed by atoms with Crippen LogP contribution >= 0.6 is 0 Å². The molecule has 2 rings (SSSR count). The second-order valence-corrected chi connectivity index (χ2v) is 4.39. The second-order valence-electron chi connectivity index (χ2n) is 4.39. The number of benzene rings is 1. The number of ether oxygens (including phenoxy) is 1. The highest BCUT2D eigenvalue weighted by molar-refractivity contribution is 5.98. The minimum atomic E-state index is -1.37. The summed E-state index contributed by atoms with van der Waals surface area (Å²) in [6.45, 7) is 0.779. The summed E-state index contributed by atoms with van der Waals surface area (Å²) in [5.41, 5.74) is -1.28. The molecule has 1 heterocycles. The fraction of sp³-hybridized carbons (Fsp3) is 0.417. The Morgan fingerprint density at radius 2 is 2.15 bits per heavy atom. The Morgan fingerprint density at radius 3 is 2.75 bits per heavy atom. The van der Waals surface area contributed by atoms with E-state index in [-0.39, 0.29) is 12.6 Å². The molecule has 1 amide bonds. The zero-order valence-corrected chi connectivity index (χ0v) is 10.4. The monoisotopic (exact) mass is 286 g/mol. The number of hydrogen-bond donors (Lipinski definition) is 1. The summed E-state index contributed by atoms with van der Waals surface area (Å²) in [7, 11) is 0. The van der Waals surface area contributed by atoms with Crippen LogP contribution in [0.4, 0.5) is 14.5 Å². The van der Waals surface area contributed by atoms with Crippen molar-refractivity contribution in [3.05, 3.63) is 39.4 Å². The lowest BCUT2D eigenvalue weighted by Crippen LogP contribution is -2.32. The van der Waals surface area contributed by atoms with Gasteiger partial charge in [0.15, 0.2) is 11.6 Å². The second kappa shape index (κ2) is 5.91. The van der Waals surface area contributed by atoms with E-state index in [0.29, 0.717) is 18.7 Å². The van der Waals surface area contributed by atoms with E-state index in [1.165, 1.54) is 0 Å². The van der Waals surface area contributed by atoms with Crippen LogP contribution < -0.4 is 5.32 Å². The summed E-state index contributed by atoms with van der Waals surface area (Å²) in [5, 5.41) is 13.2.